The van der Waals surface area contributed by atoms with Crippen LogP contribution in [0.5, 0.6) is 11.5 Å². The van der Waals surface area contributed by atoms with Crippen LogP contribution in [0, 0.1) is 13.8 Å². The first-order chi connectivity index (χ1) is 15.9. The number of pyridine rings is 1. The van der Waals surface area contributed by atoms with Crippen LogP contribution in [0.2, 0.25) is 0 Å². The first-order valence-electron chi connectivity index (χ1n) is 10.7. The molecule has 0 spiro atoms. The Labute approximate surface area is 192 Å². The highest BCUT2D eigenvalue weighted by Gasteiger charge is 2.15. The average Bonchev–Trinajstić information content (AvgIpc) is 2.83. The predicted molar refractivity (Wildman–Crippen MR) is 126 cm³/mol. The number of fused-ring (bicyclic) bond motifs is 1. The van der Waals surface area contributed by atoms with Crippen molar-refractivity contribution in [3.8, 4) is 11.5 Å². The summed E-state index contributed by atoms with van der Waals surface area (Å²) < 4.78 is 11.4. The van der Waals surface area contributed by atoms with Crippen molar-refractivity contribution in [3.05, 3.63) is 89.0 Å². The molecule has 1 atom stereocenters. The molecule has 2 heterocycles. The second-order valence-electron chi connectivity index (χ2n) is 7.85. The molecule has 1 amide bonds. The van der Waals surface area contributed by atoms with Crippen LogP contribution in [0.15, 0.2) is 60.9 Å². The second kappa shape index (κ2) is 9.65. The van der Waals surface area contributed by atoms with Gasteiger partial charge < -0.3 is 14.8 Å². The molecule has 0 aliphatic rings. The van der Waals surface area contributed by atoms with Crippen LogP contribution in [0.1, 0.15) is 45.8 Å². The summed E-state index contributed by atoms with van der Waals surface area (Å²) in [4.78, 5) is 26.0. The van der Waals surface area contributed by atoms with E-state index in [0.717, 1.165) is 28.0 Å². The van der Waals surface area contributed by atoms with Crippen LogP contribution in [0.4, 0.5) is 0 Å². The van der Waals surface area contributed by atoms with Gasteiger partial charge in [-0.25, -0.2) is 9.97 Å². The zero-order chi connectivity index (χ0) is 23.4. The monoisotopic (exact) mass is 442 g/mol. The van der Waals surface area contributed by atoms with Gasteiger partial charge in [0.25, 0.3) is 5.91 Å². The number of hydrogen-bond donors (Lipinski definition) is 1. The van der Waals surface area contributed by atoms with Gasteiger partial charge in [-0.3, -0.25) is 9.78 Å². The average molecular weight is 443 g/mol. The van der Waals surface area contributed by atoms with Crippen LogP contribution in [-0.4, -0.2) is 28.0 Å². The SMILES string of the molecule is COc1cc(C(C)NC(=O)c2ccc3nc(C)c(C)nc3c2)ccc1OCc1ccncc1. The molecule has 0 aliphatic carbocycles. The molecule has 2 aromatic heterocycles. The number of hydrogen-bond acceptors (Lipinski definition) is 6. The molecule has 0 saturated carbocycles. The number of amides is 1. The number of benzene rings is 2. The summed E-state index contributed by atoms with van der Waals surface area (Å²) in [6, 6.07) is 14.6. The number of ether oxygens (including phenoxy) is 2. The minimum atomic E-state index is -0.234. The lowest BCUT2D eigenvalue weighted by molar-refractivity contribution is 0.0940. The fourth-order valence-electron chi connectivity index (χ4n) is 3.45. The van der Waals surface area contributed by atoms with Crippen molar-refractivity contribution in [1.82, 2.24) is 20.3 Å². The molecule has 2 aromatic carbocycles. The van der Waals surface area contributed by atoms with Crippen molar-refractivity contribution in [1.29, 1.82) is 0 Å². The Hall–Kier alpha value is -4.00. The molecule has 7 nitrogen and oxygen atoms in total. The Morgan fingerprint density at radius 1 is 0.939 bits per heavy atom. The van der Waals surface area contributed by atoms with E-state index >= 15 is 0 Å². The molecule has 0 fully saturated rings. The van der Waals surface area contributed by atoms with E-state index < -0.39 is 0 Å². The molecule has 0 radical (unpaired) electrons. The van der Waals surface area contributed by atoms with Crippen molar-refractivity contribution in [2.45, 2.75) is 33.4 Å². The standard InChI is InChI=1S/C26H26N4O3/c1-16-17(2)29-23-13-21(5-7-22(23)28-16)26(31)30-18(3)20-6-8-24(25(14-20)32-4)33-15-19-9-11-27-12-10-19/h5-14,18H,15H2,1-4H3,(H,30,31). The third-order valence-corrected chi connectivity index (χ3v) is 5.52. The van der Waals surface area contributed by atoms with Crippen molar-refractivity contribution >= 4 is 16.9 Å². The Bertz CT molecular complexity index is 1290. The molecule has 1 unspecified atom stereocenters. The molecule has 1 N–H and O–H groups in total. The van der Waals surface area contributed by atoms with Gasteiger partial charge in [-0.15, -0.1) is 0 Å². The number of aromatic nitrogens is 3. The Balaban J connectivity index is 1.47. The maximum atomic E-state index is 12.9. The Morgan fingerprint density at radius 3 is 2.39 bits per heavy atom. The van der Waals surface area contributed by atoms with E-state index in [2.05, 4.69) is 20.3 Å². The number of aryl methyl sites for hydroxylation is 2. The third kappa shape index (κ3) is 5.09. The van der Waals surface area contributed by atoms with E-state index in [1.54, 1.807) is 31.6 Å². The van der Waals surface area contributed by atoms with Crippen LogP contribution in [0.3, 0.4) is 0 Å². The highest BCUT2D eigenvalue weighted by Crippen LogP contribution is 2.31. The summed E-state index contributed by atoms with van der Waals surface area (Å²) in [7, 11) is 1.60. The normalized spacial score (nSPS) is 11.8. The van der Waals surface area contributed by atoms with Gasteiger partial charge in [0.15, 0.2) is 11.5 Å². The van der Waals surface area contributed by atoms with Gasteiger partial charge in [0.1, 0.15) is 6.61 Å². The summed E-state index contributed by atoms with van der Waals surface area (Å²) in [6.07, 6.45) is 3.46. The molecule has 168 valence electrons. The van der Waals surface area contributed by atoms with Gasteiger partial charge in [0.05, 0.1) is 35.6 Å². The van der Waals surface area contributed by atoms with E-state index in [9.17, 15) is 4.79 Å². The number of methoxy groups -OCH3 is 1. The number of carbonyl (C=O) groups is 1. The summed E-state index contributed by atoms with van der Waals surface area (Å²) >= 11 is 0. The topological polar surface area (TPSA) is 86.2 Å². The maximum absolute atomic E-state index is 12.9. The van der Waals surface area contributed by atoms with Crippen LogP contribution in [0.25, 0.3) is 11.0 Å². The van der Waals surface area contributed by atoms with Gasteiger partial charge >= 0.3 is 0 Å². The van der Waals surface area contributed by atoms with E-state index in [0.29, 0.717) is 29.2 Å². The van der Waals surface area contributed by atoms with E-state index in [1.807, 2.05) is 57.2 Å². The summed E-state index contributed by atoms with van der Waals surface area (Å²) in [5, 5.41) is 3.04. The minimum absolute atomic E-state index is 0.179. The van der Waals surface area contributed by atoms with Crippen molar-refractivity contribution in [2.75, 3.05) is 7.11 Å². The Morgan fingerprint density at radius 2 is 1.67 bits per heavy atom. The number of nitrogens with one attached hydrogen (secondary N) is 1. The van der Waals surface area contributed by atoms with Crippen LogP contribution < -0.4 is 14.8 Å². The maximum Gasteiger partial charge on any atom is 0.251 e. The second-order valence-corrected chi connectivity index (χ2v) is 7.85. The quantitative estimate of drug-likeness (QED) is 0.446. The Kier molecular flexibility index (Phi) is 6.49. The van der Waals surface area contributed by atoms with E-state index in [-0.39, 0.29) is 11.9 Å². The lowest BCUT2D eigenvalue weighted by atomic mass is 10.1. The zero-order valence-corrected chi connectivity index (χ0v) is 19.1. The molecule has 0 bridgehead atoms. The van der Waals surface area contributed by atoms with E-state index in [1.165, 1.54) is 0 Å². The van der Waals surface area contributed by atoms with Gasteiger partial charge in [0.2, 0.25) is 0 Å². The molecule has 33 heavy (non-hydrogen) atoms. The fraction of sp³-hybridized carbons (Fsp3) is 0.231. The highest BCUT2D eigenvalue weighted by molar-refractivity contribution is 5.97. The van der Waals surface area contributed by atoms with Gasteiger partial charge in [-0.05, 0) is 74.4 Å². The fourth-order valence-corrected chi connectivity index (χ4v) is 3.45. The largest absolute Gasteiger partial charge is 0.493 e. The first kappa shape index (κ1) is 22.2. The lowest BCUT2D eigenvalue weighted by Crippen LogP contribution is -2.26. The molecule has 0 aliphatic heterocycles. The van der Waals surface area contributed by atoms with Gasteiger partial charge in [0, 0.05) is 18.0 Å². The number of rotatable bonds is 7. The highest BCUT2D eigenvalue weighted by atomic mass is 16.5. The van der Waals surface area contributed by atoms with Crippen molar-refractivity contribution < 1.29 is 14.3 Å². The molecule has 0 saturated heterocycles. The minimum Gasteiger partial charge on any atom is -0.493 e. The molecular formula is C26H26N4O3. The molecule has 4 aromatic rings. The van der Waals surface area contributed by atoms with Gasteiger partial charge in [-0.2, -0.15) is 0 Å². The lowest BCUT2D eigenvalue weighted by Gasteiger charge is -2.17. The van der Waals surface area contributed by atoms with Gasteiger partial charge in [-0.1, -0.05) is 6.07 Å². The van der Waals surface area contributed by atoms with Crippen molar-refractivity contribution in [3.63, 3.8) is 0 Å². The smallest absolute Gasteiger partial charge is 0.251 e. The summed E-state index contributed by atoms with van der Waals surface area (Å²) in [5.74, 6) is 1.06. The predicted octanol–water partition coefficient (Wildman–Crippen LogP) is 4.72. The zero-order valence-electron chi connectivity index (χ0n) is 19.1. The molecular weight excluding hydrogens is 416 g/mol. The first-order valence-corrected chi connectivity index (χ1v) is 10.7. The summed E-state index contributed by atoms with van der Waals surface area (Å²) in [6.45, 7) is 6.18. The van der Waals surface area contributed by atoms with Crippen LogP contribution >= 0.6 is 0 Å². The third-order valence-electron chi connectivity index (χ3n) is 5.52. The van der Waals surface area contributed by atoms with Crippen LogP contribution in [-0.2, 0) is 6.61 Å². The summed E-state index contributed by atoms with van der Waals surface area (Å²) in [5.41, 5.74) is 5.68. The van der Waals surface area contributed by atoms with Crippen molar-refractivity contribution in [2.24, 2.45) is 0 Å². The number of carbonyl (C=O) groups excluding carboxylic acids is 1. The molecule has 4 rings (SSSR count). The molecule has 7 heteroatoms. The van der Waals surface area contributed by atoms with E-state index in [4.69, 9.17) is 9.47 Å². The number of nitrogens with zero attached hydrogens (tertiary/aromatic N) is 3.